The molecule has 2 saturated heterocycles. The number of benzene rings is 2. The van der Waals surface area contributed by atoms with Crippen LogP contribution in [0.1, 0.15) is 36.8 Å². The van der Waals surface area contributed by atoms with Gasteiger partial charge in [0.2, 0.25) is 5.91 Å². The lowest BCUT2D eigenvalue weighted by Crippen LogP contribution is -2.47. The molecular formula is C27H31ClF3N5O. The molecule has 0 aliphatic carbocycles. The second kappa shape index (κ2) is 12.1. The fourth-order valence-corrected chi connectivity index (χ4v) is 5.28. The van der Waals surface area contributed by atoms with Crippen molar-refractivity contribution in [1.29, 1.82) is 5.26 Å². The van der Waals surface area contributed by atoms with Crippen LogP contribution in [-0.4, -0.2) is 62.7 Å². The number of halogens is 4. The number of rotatable bonds is 7. The first kappa shape index (κ1) is 27.1. The third-order valence-corrected chi connectivity index (χ3v) is 7.42. The lowest BCUT2D eigenvalue weighted by Gasteiger charge is -2.36. The van der Waals surface area contributed by atoms with Gasteiger partial charge in [0.05, 0.1) is 27.9 Å². The van der Waals surface area contributed by atoms with Crippen molar-refractivity contribution in [2.45, 2.75) is 37.9 Å². The van der Waals surface area contributed by atoms with Gasteiger partial charge >= 0.3 is 6.18 Å². The second-order valence-corrected chi connectivity index (χ2v) is 9.96. The number of carbonyl (C=O) groups is 1. The molecule has 2 aromatic carbocycles. The number of nitrogens with one attached hydrogen (secondary N) is 1. The van der Waals surface area contributed by atoms with E-state index >= 15 is 0 Å². The highest BCUT2D eigenvalue weighted by Gasteiger charge is 2.34. The van der Waals surface area contributed by atoms with Crippen LogP contribution >= 0.6 is 11.6 Å². The van der Waals surface area contributed by atoms with Gasteiger partial charge in [-0.05, 0) is 56.1 Å². The van der Waals surface area contributed by atoms with E-state index in [9.17, 15) is 18.0 Å². The van der Waals surface area contributed by atoms with Crippen molar-refractivity contribution in [1.82, 2.24) is 10.2 Å². The number of alkyl halides is 3. The summed E-state index contributed by atoms with van der Waals surface area (Å²) < 4.78 is 39.9. The molecule has 2 aliphatic heterocycles. The molecular weight excluding hydrogens is 503 g/mol. The van der Waals surface area contributed by atoms with E-state index in [2.05, 4.69) is 15.1 Å². The van der Waals surface area contributed by atoms with Gasteiger partial charge in [-0.1, -0.05) is 23.7 Å². The van der Waals surface area contributed by atoms with Crippen molar-refractivity contribution in [3.8, 4) is 6.07 Å². The molecule has 4 rings (SSSR count). The normalized spacial score (nSPS) is 17.5. The fraction of sp³-hybridized carbons (Fsp3) is 0.481. The zero-order chi connectivity index (χ0) is 26.4. The van der Waals surface area contributed by atoms with Crippen LogP contribution in [0.5, 0.6) is 0 Å². The lowest BCUT2D eigenvalue weighted by molar-refractivity contribution is -0.137. The molecule has 37 heavy (non-hydrogen) atoms. The smallest absolute Gasteiger partial charge is 0.371 e. The summed E-state index contributed by atoms with van der Waals surface area (Å²) in [6, 6.07) is 13.3. The molecule has 0 bridgehead atoms. The molecule has 0 atom stereocenters. The summed E-state index contributed by atoms with van der Waals surface area (Å²) in [6.45, 7) is 5.61. The Bertz CT molecular complexity index is 1120. The first-order valence-electron chi connectivity index (χ1n) is 12.6. The minimum Gasteiger partial charge on any atom is -0.371 e. The standard InChI is InChI=1S/C27H31ClF3N5O/c28-24-4-1-2-5-25(24)36-16-14-34(15-17-36)11-3-6-26(37)33-21-9-12-35(13-10-21)22-8-7-20(19-32)23(18-22)27(29,30)31/h1-2,4-5,7-8,18,21H,3,6,9-17H2,(H,33,37). The monoisotopic (exact) mass is 533 g/mol. The zero-order valence-corrected chi connectivity index (χ0v) is 21.4. The van der Waals surface area contributed by atoms with Crippen LogP contribution in [0, 0.1) is 11.3 Å². The molecule has 2 fully saturated rings. The quantitative estimate of drug-likeness (QED) is 0.547. The topological polar surface area (TPSA) is 62.6 Å². The summed E-state index contributed by atoms with van der Waals surface area (Å²) in [6.07, 6.45) is -2.01. The van der Waals surface area contributed by atoms with Gasteiger partial charge < -0.3 is 15.1 Å². The molecule has 10 heteroatoms. The molecule has 0 radical (unpaired) electrons. The Kier molecular flexibility index (Phi) is 8.83. The van der Waals surface area contributed by atoms with Crippen molar-refractivity contribution in [3.63, 3.8) is 0 Å². The SMILES string of the molecule is N#Cc1ccc(N2CCC(NC(=O)CCCN3CCN(c4ccccc4Cl)CC3)CC2)cc1C(F)(F)F. The largest absolute Gasteiger partial charge is 0.417 e. The highest BCUT2D eigenvalue weighted by molar-refractivity contribution is 6.33. The van der Waals surface area contributed by atoms with Gasteiger partial charge in [-0.2, -0.15) is 18.4 Å². The molecule has 0 unspecified atom stereocenters. The number of nitriles is 1. The Morgan fingerprint density at radius 2 is 1.73 bits per heavy atom. The van der Waals surface area contributed by atoms with E-state index in [1.54, 1.807) is 12.1 Å². The molecule has 2 aliphatic rings. The van der Waals surface area contributed by atoms with Gasteiger partial charge in [0, 0.05) is 57.4 Å². The Morgan fingerprint density at radius 3 is 2.38 bits per heavy atom. The Hall–Kier alpha value is -2.96. The lowest BCUT2D eigenvalue weighted by atomic mass is 10.0. The highest BCUT2D eigenvalue weighted by Crippen LogP contribution is 2.35. The van der Waals surface area contributed by atoms with Crippen LogP contribution in [0.3, 0.4) is 0 Å². The molecule has 6 nitrogen and oxygen atoms in total. The Morgan fingerprint density at radius 1 is 1.03 bits per heavy atom. The summed E-state index contributed by atoms with van der Waals surface area (Å²) in [5, 5.41) is 12.8. The molecule has 0 spiro atoms. The number of para-hydroxylation sites is 1. The highest BCUT2D eigenvalue weighted by atomic mass is 35.5. The third kappa shape index (κ3) is 7.08. The van der Waals surface area contributed by atoms with Crippen LogP contribution in [0.2, 0.25) is 5.02 Å². The maximum absolute atomic E-state index is 13.3. The number of hydrogen-bond acceptors (Lipinski definition) is 5. The van der Waals surface area contributed by atoms with E-state index in [4.69, 9.17) is 16.9 Å². The maximum Gasteiger partial charge on any atom is 0.417 e. The fourth-order valence-electron chi connectivity index (χ4n) is 5.03. The van der Waals surface area contributed by atoms with Crippen LogP contribution in [0.15, 0.2) is 42.5 Å². The van der Waals surface area contributed by atoms with Crippen LogP contribution in [-0.2, 0) is 11.0 Å². The van der Waals surface area contributed by atoms with Crippen LogP contribution < -0.4 is 15.1 Å². The predicted octanol–water partition coefficient (Wildman–Crippen LogP) is 4.92. The van der Waals surface area contributed by atoms with Crippen molar-refractivity contribution >= 4 is 28.9 Å². The number of anilines is 2. The van der Waals surface area contributed by atoms with E-state index in [1.165, 1.54) is 6.07 Å². The average molecular weight is 534 g/mol. The van der Waals surface area contributed by atoms with E-state index in [-0.39, 0.29) is 17.5 Å². The number of nitrogens with zero attached hydrogens (tertiary/aromatic N) is 4. The first-order valence-corrected chi connectivity index (χ1v) is 13.0. The summed E-state index contributed by atoms with van der Waals surface area (Å²) in [7, 11) is 0. The van der Waals surface area contributed by atoms with E-state index < -0.39 is 11.7 Å². The van der Waals surface area contributed by atoms with Gasteiger partial charge in [-0.15, -0.1) is 0 Å². The summed E-state index contributed by atoms with van der Waals surface area (Å²) in [5.41, 5.74) is 0.231. The zero-order valence-electron chi connectivity index (χ0n) is 20.6. The van der Waals surface area contributed by atoms with Crippen LogP contribution in [0.25, 0.3) is 0 Å². The number of carbonyl (C=O) groups excluding carboxylic acids is 1. The van der Waals surface area contributed by atoms with E-state index in [0.717, 1.165) is 55.9 Å². The van der Waals surface area contributed by atoms with Gasteiger partial charge in [0.25, 0.3) is 0 Å². The maximum atomic E-state index is 13.3. The number of amides is 1. The van der Waals surface area contributed by atoms with Gasteiger partial charge in [-0.3, -0.25) is 9.69 Å². The Labute approximate surface area is 220 Å². The molecule has 1 N–H and O–H groups in total. The Balaban J connectivity index is 1.16. The first-order chi connectivity index (χ1) is 17.7. The average Bonchev–Trinajstić information content (AvgIpc) is 2.89. The van der Waals surface area contributed by atoms with Crippen molar-refractivity contribution in [2.24, 2.45) is 0 Å². The molecule has 198 valence electrons. The van der Waals surface area contributed by atoms with E-state index in [1.807, 2.05) is 29.2 Å². The summed E-state index contributed by atoms with van der Waals surface area (Å²) in [4.78, 5) is 19.0. The molecule has 1 amide bonds. The second-order valence-electron chi connectivity index (χ2n) is 9.55. The molecule has 2 aromatic rings. The van der Waals surface area contributed by atoms with E-state index in [0.29, 0.717) is 38.0 Å². The summed E-state index contributed by atoms with van der Waals surface area (Å²) in [5.74, 6) is 0.0193. The minimum absolute atomic E-state index is 0.0170. The molecule has 0 aromatic heterocycles. The molecule has 0 saturated carbocycles. The summed E-state index contributed by atoms with van der Waals surface area (Å²) >= 11 is 6.31. The molecule has 2 heterocycles. The van der Waals surface area contributed by atoms with Gasteiger partial charge in [0.15, 0.2) is 0 Å². The number of hydrogen-bond donors (Lipinski definition) is 1. The number of piperazine rings is 1. The van der Waals surface area contributed by atoms with Crippen LogP contribution in [0.4, 0.5) is 24.5 Å². The van der Waals surface area contributed by atoms with Crippen molar-refractivity contribution in [3.05, 3.63) is 58.6 Å². The van der Waals surface area contributed by atoms with Gasteiger partial charge in [0.1, 0.15) is 0 Å². The predicted molar refractivity (Wildman–Crippen MR) is 139 cm³/mol. The van der Waals surface area contributed by atoms with Crippen molar-refractivity contribution in [2.75, 3.05) is 55.6 Å². The minimum atomic E-state index is -4.57. The van der Waals surface area contributed by atoms with Crippen molar-refractivity contribution < 1.29 is 18.0 Å². The van der Waals surface area contributed by atoms with Gasteiger partial charge in [-0.25, -0.2) is 0 Å². The third-order valence-electron chi connectivity index (χ3n) is 7.10. The number of piperidine rings is 1.